The van der Waals surface area contributed by atoms with Gasteiger partial charge >= 0.3 is 5.97 Å². The molecule has 0 spiro atoms. The molecule has 5 nitrogen and oxygen atoms in total. The van der Waals surface area contributed by atoms with E-state index >= 15 is 0 Å². The summed E-state index contributed by atoms with van der Waals surface area (Å²) in [5.74, 6) is -0.747. The summed E-state index contributed by atoms with van der Waals surface area (Å²) in [5.41, 5.74) is 1.14. The van der Waals surface area contributed by atoms with E-state index in [1.54, 1.807) is 19.9 Å². The van der Waals surface area contributed by atoms with Gasteiger partial charge in [-0.05, 0) is 54.1 Å². The number of hydrogen-bond donors (Lipinski definition) is 1. The molecule has 3 rings (SSSR count). The van der Waals surface area contributed by atoms with Gasteiger partial charge in [0.05, 0.1) is 11.5 Å². The van der Waals surface area contributed by atoms with Gasteiger partial charge in [-0.2, -0.15) is 5.26 Å². The van der Waals surface area contributed by atoms with E-state index < -0.39 is 5.97 Å². The number of carbonyl (C=O) groups is 2. The number of anilines is 1. The summed E-state index contributed by atoms with van der Waals surface area (Å²) >= 11 is 2.04. The summed E-state index contributed by atoms with van der Waals surface area (Å²) in [7, 11) is 0. The Labute approximate surface area is 165 Å². The van der Waals surface area contributed by atoms with Gasteiger partial charge < -0.3 is 10.1 Å². The maximum Gasteiger partial charge on any atom is 0.348 e. The normalized spacial score (nSPS) is 10.4. The number of nitrogens with one attached hydrogen (secondary N) is 1. The molecule has 1 aromatic heterocycles. The number of amides is 1. The van der Waals surface area contributed by atoms with Crippen molar-refractivity contribution in [1.29, 1.82) is 5.26 Å². The van der Waals surface area contributed by atoms with E-state index in [0.29, 0.717) is 25.9 Å². The quantitative estimate of drug-likeness (QED) is 0.364. The van der Waals surface area contributed by atoms with Crippen LogP contribution >= 0.6 is 23.1 Å². The largest absolute Gasteiger partial charge is 0.462 e. The predicted octanol–water partition coefficient (Wildman–Crippen LogP) is 5.21. The van der Waals surface area contributed by atoms with Crippen LogP contribution in [0.2, 0.25) is 0 Å². The summed E-state index contributed by atoms with van der Waals surface area (Å²) in [4.78, 5) is 25.8. The highest BCUT2D eigenvalue weighted by molar-refractivity contribution is 8.04. The number of nitriles is 1. The number of thioether (sulfide) groups is 1. The Morgan fingerprint density at radius 2 is 1.96 bits per heavy atom. The van der Waals surface area contributed by atoms with Crippen LogP contribution in [-0.4, -0.2) is 18.5 Å². The lowest BCUT2D eigenvalue weighted by atomic mass is 10.1. The van der Waals surface area contributed by atoms with Crippen molar-refractivity contribution in [2.75, 3.05) is 11.9 Å². The lowest BCUT2D eigenvalue weighted by Gasteiger charge is -2.06. The smallest absolute Gasteiger partial charge is 0.348 e. The first-order chi connectivity index (χ1) is 13.0. The Morgan fingerprint density at radius 1 is 1.22 bits per heavy atom. The number of hydrogen-bond acceptors (Lipinski definition) is 6. The molecule has 0 atom stereocenters. The van der Waals surface area contributed by atoms with E-state index in [2.05, 4.69) is 5.32 Å². The lowest BCUT2D eigenvalue weighted by molar-refractivity contribution is 0.0531. The van der Waals surface area contributed by atoms with Gasteiger partial charge in [0.25, 0.3) is 5.91 Å². The predicted molar refractivity (Wildman–Crippen MR) is 108 cm³/mol. The number of thiocyanates is 1. The molecule has 0 unspecified atom stereocenters. The van der Waals surface area contributed by atoms with Gasteiger partial charge in [-0.1, -0.05) is 30.3 Å². The van der Waals surface area contributed by atoms with Gasteiger partial charge in [0.1, 0.15) is 15.3 Å². The van der Waals surface area contributed by atoms with E-state index in [1.165, 1.54) is 0 Å². The number of rotatable bonds is 5. The van der Waals surface area contributed by atoms with Crippen molar-refractivity contribution in [2.45, 2.75) is 18.7 Å². The summed E-state index contributed by atoms with van der Waals surface area (Å²) < 4.78 is 5.06. The molecule has 2 aromatic carbocycles. The molecular weight excluding hydrogens is 380 g/mol. The molecule has 1 N–H and O–H groups in total. The first-order valence-electron chi connectivity index (χ1n) is 8.21. The molecule has 136 valence electrons. The maximum absolute atomic E-state index is 12.7. The highest BCUT2D eigenvalue weighted by Crippen LogP contribution is 2.40. The van der Waals surface area contributed by atoms with Crippen LogP contribution in [0.15, 0.2) is 47.4 Å². The third-order valence-electron chi connectivity index (χ3n) is 3.94. The second kappa shape index (κ2) is 8.25. The SMILES string of the molecule is CCOC(=O)c1sc(NC(=O)c2ccc3ccccc3c2)c(SC#N)c1C. The van der Waals surface area contributed by atoms with Crippen LogP contribution in [0.5, 0.6) is 0 Å². The number of carbonyl (C=O) groups excluding carboxylic acids is 2. The van der Waals surface area contributed by atoms with Crippen molar-refractivity contribution in [3.8, 4) is 5.40 Å². The second-order valence-electron chi connectivity index (χ2n) is 5.64. The van der Waals surface area contributed by atoms with E-state index in [-0.39, 0.29) is 12.5 Å². The summed E-state index contributed by atoms with van der Waals surface area (Å²) in [6, 6.07) is 13.2. The Hall–Kier alpha value is -2.82. The summed E-state index contributed by atoms with van der Waals surface area (Å²) in [6.45, 7) is 3.73. The molecule has 0 aliphatic rings. The first kappa shape index (κ1) is 19.0. The zero-order valence-corrected chi connectivity index (χ0v) is 16.4. The Balaban J connectivity index is 1.93. The van der Waals surface area contributed by atoms with E-state index in [0.717, 1.165) is 33.9 Å². The molecule has 3 aromatic rings. The molecule has 1 heterocycles. The molecule has 0 fully saturated rings. The third kappa shape index (κ3) is 3.97. The number of thiophene rings is 1. The standard InChI is InChI=1S/C20H16N2O3S2/c1-3-25-20(24)17-12(2)16(26-11-21)19(27-17)22-18(23)15-9-8-13-6-4-5-7-14(13)10-15/h4-10H,3H2,1-2H3,(H,22,23). The van der Waals surface area contributed by atoms with Crippen LogP contribution in [-0.2, 0) is 4.74 Å². The van der Waals surface area contributed by atoms with E-state index in [4.69, 9.17) is 10.00 Å². The van der Waals surface area contributed by atoms with Gasteiger partial charge in [-0.25, -0.2) is 4.79 Å². The van der Waals surface area contributed by atoms with Crippen LogP contribution < -0.4 is 5.32 Å². The highest BCUT2D eigenvalue weighted by Gasteiger charge is 2.23. The zero-order chi connectivity index (χ0) is 19.4. The lowest BCUT2D eigenvalue weighted by Crippen LogP contribution is -2.11. The van der Waals surface area contributed by atoms with Crippen LogP contribution in [0.1, 0.15) is 32.5 Å². The van der Waals surface area contributed by atoms with E-state index in [9.17, 15) is 9.59 Å². The third-order valence-corrected chi connectivity index (χ3v) is 6.06. The summed E-state index contributed by atoms with van der Waals surface area (Å²) in [5, 5.41) is 16.4. The molecule has 27 heavy (non-hydrogen) atoms. The van der Waals surface area contributed by atoms with Gasteiger partial charge in [0.2, 0.25) is 0 Å². The van der Waals surface area contributed by atoms with Crippen LogP contribution in [0, 0.1) is 17.6 Å². The van der Waals surface area contributed by atoms with Gasteiger partial charge in [0.15, 0.2) is 0 Å². The van der Waals surface area contributed by atoms with Crippen LogP contribution in [0.25, 0.3) is 10.8 Å². The van der Waals surface area contributed by atoms with Crippen molar-refractivity contribution in [3.63, 3.8) is 0 Å². The molecular formula is C20H16N2O3S2. The molecule has 0 radical (unpaired) electrons. The van der Waals surface area contributed by atoms with Crippen molar-refractivity contribution in [1.82, 2.24) is 0 Å². The Bertz CT molecular complexity index is 1070. The molecule has 0 saturated carbocycles. The molecule has 0 bridgehead atoms. The van der Waals surface area contributed by atoms with Crippen LogP contribution in [0.4, 0.5) is 5.00 Å². The Morgan fingerprint density at radius 3 is 2.67 bits per heavy atom. The minimum absolute atomic E-state index is 0.260. The first-order valence-corrected chi connectivity index (χ1v) is 9.85. The topological polar surface area (TPSA) is 79.2 Å². The van der Waals surface area contributed by atoms with Crippen molar-refractivity contribution in [2.24, 2.45) is 0 Å². The van der Waals surface area contributed by atoms with Gasteiger partial charge in [-0.15, -0.1) is 11.3 Å². The van der Waals surface area contributed by atoms with Crippen molar-refractivity contribution < 1.29 is 14.3 Å². The number of benzene rings is 2. The summed E-state index contributed by atoms with van der Waals surface area (Å²) in [6.07, 6.45) is 0. The number of nitrogens with zero attached hydrogens (tertiary/aromatic N) is 1. The monoisotopic (exact) mass is 396 g/mol. The number of fused-ring (bicyclic) bond motifs is 1. The van der Waals surface area contributed by atoms with Gasteiger partial charge in [0, 0.05) is 5.56 Å². The number of ether oxygens (including phenoxy) is 1. The fourth-order valence-corrected chi connectivity index (χ4v) is 4.44. The molecule has 7 heteroatoms. The maximum atomic E-state index is 12.7. The molecule has 0 aliphatic carbocycles. The average molecular weight is 396 g/mol. The minimum atomic E-state index is -0.453. The molecule has 1 amide bonds. The van der Waals surface area contributed by atoms with Crippen molar-refractivity contribution in [3.05, 3.63) is 58.5 Å². The molecule has 0 saturated heterocycles. The number of esters is 1. The minimum Gasteiger partial charge on any atom is -0.462 e. The highest BCUT2D eigenvalue weighted by atomic mass is 32.2. The Kier molecular flexibility index (Phi) is 5.79. The fraction of sp³-hybridized carbons (Fsp3) is 0.150. The molecule has 0 aliphatic heterocycles. The van der Waals surface area contributed by atoms with Gasteiger partial charge in [-0.3, -0.25) is 4.79 Å². The van der Waals surface area contributed by atoms with Crippen LogP contribution in [0.3, 0.4) is 0 Å². The zero-order valence-electron chi connectivity index (χ0n) is 14.7. The second-order valence-corrected chi connectivity index (χ2v) is 7.46. The average Bonchev–Trinajstić information content (AvgIpc) is 2.98. The van der Waals surface area contributed by atoms with E-state index in [1.807, 2.05) is 41.8 Å². The fourth-order valence-electron chi connectivity index (χ4n) is 2.65. The van der Waals surface area contributed by atoms with Crippen molar-refractivity contribution >= 4 is 50.7 Å².